The molecule has 0 aliphatic heterocycles. The summed E-state index contributed by atoms with van der Waals surface area (Å²) in [6.07, 6.45) is -15.7. The Morgan fingerprint density at radius 3 is 1.80 bits per heavy atom. The normalized spacial score (nSPS) is 13.1. The molecule has 0 amide bonds. The highest BCUT2D eigenvalue weighted by Crippen LogP contribution is 2.35. The Labute approximate surface area is 81.2 Å². The number of carbonyl (C=O) groups excluding carboxylic acids is 1. The van der Waals surface area contributed by atoms with Crippen LogP contribution < -0.4 is 0 Å². The van der Waals surface area contributed by atoms with Gasteiger partial charge in [0.2, 0.25) is 0 Å². The van der Waals surface area contributed by atoms with Crippen molar-refractivity contribution < 1.29 is 35.9 Å². The second-order valence-corrected chi connectivity index (χ2v) is 2.70. The molecule has 0 aliphatic rings. The van der Waals surface area contributed by atoms with Crippen LogP contribution in [-0.2, 0) is 9.53 Å². The lowest BCUT2D eigenvalue weighted by atomic mass is 10.3. The molecule has 0 spiro atoms. The molecule has 2 nitrogen and oxygen atoms in total. The van der Waals surface area contributed by atoms with E-state index in [9.17, 15) is 31.1 Å². The van der Waals surface area contributed by atoms with Crippen LogP contribution in [0.15, 0.2) is 0 Å². The monoisotopic (exact) mass is 238 g/mol. The third kappa shape index (κ3) is 4.89. The molecule has 90 valence electrons. The largest absolute Gasteiger partial charge is 0.443 e. The van der Waals surface area contributed by atoms with Crippen molar-refractivity contribution in [3.63, 3.8) is 0 Å². The van der Waals surface area contributed by atoms with Crippen LogP contribution in [0.2, 0.25) is 0 Å². The van der Waals surface area contributed by atoms with E-state index in [1.54, 1.807) is 0 Å². The zero-order chi connectivity index (χ0) is 12.3. The lowest BCUT2D eigenvalue weighted by Gasteiger charge is -2.22. The molecule has 0 heterocycles. The van der Waals surface area contributed by atoms with Crippen molar-refractivity contribution in [1.29, 1.82) is 0 Å². The fourth-order valence-corrected chi connectivity index (χ4v) is 0.714. The molecule has 0 aromatic rings. The summed E-state index contributed by atoms with van der Waals surface area (Å²) in [5.74, 6) is -1.52. The van der Waals surface area contributed by atoms with Crippen molar-refractivity contribution in [2.45, 2.75) is 38.2 Å². The summed E-state index contributed by atoms with van der Waals surface area (Å²) >= 11 is 0. The van der Waals surface area contributed by atoms with Gasteiger partial charge < -0.3 is 4.74 Å². The molecule has 0 unspecified atom stereocenters. The number of hydrogen-bond acceptors (Lipinski definition) is 2. The quantitative estimate of drug-likeness (QED) is 0.558. The van der Waals surface area contributed by atoms with E-state index >= 15 is 0 Å². The number of rotatable bonds is 3. The van der Waals surface area contributed by atoms with Crippen LogP contribution in [0.5, 0.6) is 0 Å². The average molecular weight is 238 g/mol. The fraction of sp³-hybridized carbons (Fsp3) is 0.857. The lowest BCUT2D eigenvalue weighted by molar-refractivity contribution is -0.313. The maximum atomic E-state index is 11.8. The topological polar surface area (TPSA) is 26.3 Å². The van der Waals surface area contributed by atoms with Gasteiger partial charge in [-0.1, -0.05) is 6.92 Å². The van der Waals surface area contributed by atoms with Gasteiger partial charge in [-0.05, 0) is 6.42 Å². The zero-order valence-electron chi connectivity index (χ0n) is 7.58. The summed E-state index contributed by atoms with van der Waals surface area (Å²) in [4.78, 5) is 10.5. The van der Waals surface area contributed by atoms with Crippen molar-refractivity contribution in [3.05, 3.63) is 0 Å². The van der Waals surface area contributed by atoms with Gasteiger partial charge >= 0.3 is 18.3 Å². The molecular formula is C7H8F6O2. The van der Waals surface area contributed by atoms with Gasteiger partial charge in [0, 0.05) is 6.42 Å². The van der Waals surface area contributed by atoms with E-state index in [-0.39, 0.29) is 6.42 Å². The lowest BCUT2D eigenvalue weighted by Crippen LogP contribution is -2.45. The molecule has 0 bridgehead atoms. The first-order chi connectivity index (χ1) is 6.59. The van der Waals surface area contributed by atoms with Crippen molar-refractivity contribution in [1.82, 2.24) is 0 Å². The summed E-state index contributed by atoms with van der Waals surface area (Å²) in [6, 6.07) is 0. The number of ether oxygens (including phenoxy) is 1. The van der Waals surface area contributed by atoms with Crippen LogP contribution in [0.4, 0.5) is 26.3 Å². The van der Waals surface area contributed by atoms with E-state index < -0.39 is 30.8 Å². The molecule has 0 radical (unpaired) electrons. The number of esters is 1. The second-order valence-electron chi connectivity index (χ2n) is 2.70. The van der Waals surface area contributed by atoms with Crippen molar-refractivity contribution in [2.24, 2.45) is 0 Å². The molecule has 8 heteroatoms. The molecule has 0 saturated heterocycles. The Hall–Kier alpha value is -0.950. The zero-order valence-corrected chi connectivity index (χ0v) is 7.58. The SMILES string of the molecule is CCCC(=O)OC(C(F)(F)F)C(F)(F)F. The summed E-state index contributed by atoms with van der Waals surface area (Å²) in [6.45, 7) is 1.43. The molecule has 15 heavy (non-hydrogen) atoms. The van der Waals surface area contributed by atoms with E-state index in [0.29, 0.717) is 0 Å². The molecule has 0 saturated carbocycles. The van der Waals surface area contributed by atoms with Gasteiger partial charge in [0.15, 0.2) is 0 Å². The third-order valence-electron chi connectivity index (χ3n) is 1.30. The van der Waals surface area contributed by atoms with Crippen LogP contribution in [0.25, 0.3) is 0 Å². The van der Waals surface area contributed by atoms with Crippen LogP contribution in [0.1, 0.15) is 19.8 Å². The van der Waals surface area contributed by atoms with Crippen molar-refractivity contribution in [2.75, 3.05) is 0 Å². The molecular weight excluding hydrogens is 230 g/mol. The predicted molar refractivity (Wildman–Crippen MR) is 36.9 cm³/mol. The summed E-state index contributed by atoms with van der Waals surface area (Å²) in [5, 5.41) is 0. The minimum Gasteiger partial charge on any atom is -0.443 e. The molecule has 0 aromatic carbocycles. The molecule has 0 atom stereocenters. The first kappa shape index (κ1) is 14.0. The van der Waals surface area contributed by atoms with Gasteiger partial charge in [-0.2, -0.15) is 26.3 Å². The number of carbonyl (C=O) groups is 1. The maximum Gasteiger partial charge on any atom is 0.434 e. The highest BCUT2D eigenvalue weighted by atomic mass is 19.4. The Bertz CT molecular complexity index is 205. The predicted octanol–water partition coefficient (Wildman–Crippen LogP) is 2.82. The van der Waals surface area contributed by atoms with E-state index in [1.165, 1.54) is 6.92 Å². The van der Waals surface area contributed by atoms with Crippen molar-refractivity contribution >= 4 is 5.97 Å². The molecule has 0 fully saturated rings. The van der Waals surface area contributed by atoms with E-state index in [4.69, 9.17) is 0 Å². The maximum absolute atomic E-state index is 11.8. The highest BCUT2D eigenvalue weighted by molar-refractivity contribution is 5.69. The second kappa shape index (κ2) is 4.71. The fourth-order valence-electron chi connectivity index (χ4n) is 0.714. The van der Waals surface area contributed by atoms with Gasteiger partial charge in [-0.15, -0.1) is 0 Å². The van der Waals surface area contributed by atoms with Gasteiger partial charge in [-0.3, -0.25) is 4.79 Å². The van der Waals surface area contributed by atoms with Gasteiger partial charge in [-0.25, -0.2) is 0 Å². The summed E-state index contributed by atoms with van der Waals surface area (Å²) in [5.41, 5.74) is 0. The van der Waals surface area contributed by atoms with Crippen LogP contribution in [-0.4, -0.2) is 24.4 Å². The standard InChI is InChI=1S/C7H8F6O2/c1-2-3-4(14)15-5(6(8,9)10)7(11,12)13/h5H,2-3H2,1H3. The van der Waals surface area contributed by atoms with Gasteiger partial charge in [0.05, 0.1) is 0 Å². The Balaban J connectivity index is 4.62. The first-order valence-corrected chi connectivity index (χ1v) is 3.92. The third-order valence-corrected chi connectivity index (χ3v) is 1.30. The first-order valence-electron chi connectivity index (χ1n) is 3.92. The molecule has 0 aromatic heterocycles. The Morgan fingerprint density at radius 1 is 1.13 bits per heavy atom. The van der Waals surface area contributed by atoms with Crippen LogP contribution in [0.3, 0.4) is 0 Å². The van der Waals surface area contributed by atoms with E-state index in [1.807, 2.05) is 0 Å². The summed E-state index contributed by atoms with van der Waals surface area (Å²) < 4.78 is 74.2. The molecule has 0 aliphatic carbocycles. The number of halogens is 6. The van der Waals surface area contributed by atoms with Crippen LogP contribution >= 0.6 is 0 Å². The number of alkyl halides is 6. The Kier molecular flexibility index (Phi) is 4.42. The number of hydrogen-bond donors (Lipinski definition) is 0. The molecule has 0 rings (SSSR count). The average Bonchev–Trinajstić information content (AvgIpc) is 1.96. The minimum atomic E-state index is -5.64. The minimum absolute atomic E-state index is 0.112. The Morgan fingerprint density at radius 2 is 1.53 bits per heavy atom. The van der Waals surface area contributed by atoms with E-state index in [2.05, 4.69) is 4.74 Å². The molecule has 0 N–H and O–H groups in total. The summed E-state index contributed by atoms with van der Waals surface area (Å²) in [7, 11) is 0. The highest BCUT2D eigenvalue weighted by Gasteiger charge is 2.59. The van der Waals surface area contributed by atoms with Gasteiger partial charge in [0.1, 0.15) is 0 Å². The smallest absolute Gasteiger partial charge is 0.434 e. The van der Waals surface area contributed by atoms with Crippen LogP contribution in [0, 0.1) is 0 Å². The van der Waals surface area contributed by atoms with E-state index in [0.717, 1.165) is 0 Å². The van der Waals surface area contributed by atoms with Crippen molar-refractivity contribution in [3.8, 4) is 0 Å². The van der Waals surface area contributed by atoms with Gasteiger partial charge in [0.25, 0.3) is 6.10 Å².